The van der Waals surface area contributed by atoms with E-state index >= 15 is 0 Å². The number of aliphatic hydroxyl groups is 5. The minimum absolute atomic E-state index is 0.314. The molecule has 2 amide bonds. The molecule has 2 aliphatic carbocycles. The fourth-order valence-corrected chi connectivity index (χ4v) is 7.10. The molecule has 14 atom stereocenters. The zero-order valence-corrected chi connectivity index (χ0v) is 29.2. The highest BCUT2D eigenvalue weighted by Gasteiger charge is 2.57. The largest absolute Gasteiger partial charge is 0.481 e. The minimum atomic E-state index is -1.98. The molecule has 0 aromatic heterocycles. The first-order valence-electron chi connectivity index (χ1n) is 16.5. The van der Waals surface area contributed by atoms with Crippen molar-refractivity contribution in [3.63, 3.8) is 0 Å². The molecule has 0 aliphatic heterocycles. The molecule has 2 fully saturated rings. The van der Waals surface area contributed by atoms with Crippen LogP contribution in [-0.4, -0.2) is 159 Å². The molecule has 0 bridgehead atoms. The number of ether oxygens (including phenoxy) is 2. The molecule has 2 saturated carbocycles. The second-order valence-electron chi connectivity index (χ2n) is 13.1. The van der Waals surface area contributed by atoms with E-state index in [2.05, 4.69) is 21.3 Å². The molecule has 2 rings (SSSR count). The zero-order chi connectivity index (χ0) is 40.5. The Labute approximate surface area is 303 Å². The summed E-state index contributed by atoms with van der Waals surface area (Å²) in [6.45, 7) is 0.543. The third kappa shape index (κ3) is 11.4. The Morgan fingerprint density at radius 3 is 1.49 bits per heavy atom. The summed E-state index contributed by atoms with van der Waals surface area (Å²) in [5.74, 6) is -16.5. The van der Waals surface area contributed by atoms with Gasteiger partial charge in [-0.2, -0.15) is 0 Å². The van der Waals surface area contributed by atoms with E-state index in [1.807, 2.05) is 0 Å². The quantitative estimate of drug-likeness (QED) is 0.0203. The van der Waals surface area contributed by atoms with Gasteiger partial charge in [-0.15, -0.1) is 0 Å². The maximum atomic E-state index is 13.6. The summed E-state index contributed by atoms with van der Waals surface area (Å²) in [6, 6.07) is -5.32. The Kier molecular flexibility index (Phi) is 16.2. The van der Waals surface area contributed by atoms with Gasteiger partial charge in [-0.1, -0.05) is 0 Å². The topological polar surface area (TPSA) is 410 Å². The van der Waals surface area contributed by atoms with Gasteiger partial charge in [0.15, 0.2) is 11.9 Å². The van der Waals surface area contributed by atoms with Gasteiger partial charge in [0.25, 0.3) is 0 Å². The van der Waals surface area contributed by atoms with Crippen molar-refractivity contribution in [1.82, 2.24) is 21.3 Å². The number of rotatable bonds is 18. The molecule has 0 radical (unpaired) electrons. The number of hydrogen-bond donors (Lipinski definition) is 15. The maximum absolute atomic E-state index is 13.6. The summed E-state index contributed by atoms with van der Waals surface area (Å²) in [6.07, 6.45) is -9.97. The van der Waals surface area contributed by atoms with Crippen LogP contribution in [0.25, 0.3) is 0 Å². The summed E-state index contributed by atoms with van der Waals surface area (Å²) in [5.41, 5.74) is 11.0. The van der Waals surface area contributed by atoms with E-state index in [1.165, 1.54) is 0 Å². The molecule has 1 unspecified atom stereocenters. The predicted molar refractivity (Wildman–Crippen MR) is 180 cm³/mol. The van der Waals surface area contributed by atoms with Gasteiger partial charge >= 0.3 is 23.9 Å². The van der Waals surface area contributed by atoms with Crippen LogP contribution in [-0.2, 0) is 38.2 Å². The van der Waals surface area contributed by atoms with Gasteiger partial charge in [-0.25, -0.2) is 0 Å². The molecule has 2 aliphatic rings. The number of carbonyl (C=O) groups excluding carboxylic acids is 4. The standard InChI is InChI=1S/C29H49BN8O15/c1-8(41)35-19(14(43)3-4-39)16-12(37-28(31)32)5-10(24(46)47)22(16)52-26(50)18(30)27(51)53-23-11(25(48)49)6-13(38-29(33)34)17(23)20(36-9(2)42)21(45)15(44)7-40/h10-23,39-40,43-45H,3-7,30H2,1-2H3,(H,35,41)(H,36,42)(H,46,47)(H,48,49)(H4,31,32,37)(H4,33,34,38)/t10-,11-,12+,13+,14-,15-,16+,17+,18?,19+,20-,21-,22+,23+/m0/s1. The highest BCUT2D eigenvalue weighted by molar-refractivity contribution is 6.34. The lowest BCUT2D eigenvalue weighted by Crippen LogP contribution is -2.60. The van der Waals surface area contributed by atoms with Crippen LogP contribution in [0.5, 0.6) is 0 Å². The van der Waals surface area contributed by atoms with Gasteiger partial charge in [-0.3, -0.25) is 39.6 Å². The van der Waals surface area contributed by atoms with Crippen LogP contribution in [0.2, 0.25) is 5.82 Å². The lowest BCUT2D eigenvalue weighted by Gasteiger charge is -2.37. The van der Waals surface area contributed by atoms with Crippen molar-refractivity contribution in [2.75, 3.05) is 13.2 Å². The van der Waals surface area contributed by atoms with Gasteiger partial charge in [0.1, 0.15) is 38.1 Å². The summed E-state index contributed by atoms with van der Waals surface area (Å²) >= 11 is 0. The lowest BCUT2D eigenvalue weighted by atomic mass is 9.84. The Balaban J connectivity index is 2.56. The number of nitrogens with one attached hydrogen (secondary N) is 6. The number of carboxylic acids is 2. The highest BCUT2D eigenvalue weighted by Crippen LogP contribution is 2.41. The number of amides is 2. The number of carbonyl (C=O) groups is 6. The molecule has 17 N–H and O–H groups in total. The van der Waals surface area contributed by atoms with Crippen molar-refractivity contribution < 1.29 is 74.0 Å². The first-order chi connectivity index (χ1) is 24.7. The molecular formula is C29H49BN8O15. The summed E-state index contributed by atoms with van der Waals surface area (Å²) in [4.78, 5) is 76.3. The number of guanidine groups is 2. The molecule has 23 nitrogen and oxygen atoms in total. The zero-order valence-electron chi connectivity index (χ0n) is 29.2. The average Bonchev–Trinajstić information content (AvgIpc) is 3.57. The second kappa shape index (κ2) is 19.3. The normalized spacial score (nSPS) is 28.5. The van der Waals surface area contributed by atoms with Crippen molar-refractivity contribution in [3.8, 4) is 0 Å². The molecule has 0 heterocycles. The SMILES string of the molecule is BC(C(=O)O[C@H]1[C@@H]([C@H](NC(C)=O)[C@@H](O)[C@@H](O)CO)[C@H](NC(=N)N)C[C@@H]1C(=O)O)C(=O)O[C@H]1[C@@H]([C@H](NC(C)=O)[C@@H](O)CCO)[C@H](NC(=N)N)C[C@@H]1C(=O)O. The van der Waals surface area contributed by atoms with Gasteiger partial charge in [0.2, 0.25) is 11.8 Å². The van der Waals surface area contributed by atoms with E-state index in [1.54, 1.807) is 0 Å². The van der Waals surface area contributed by atoms with Crippen molar-refractivity contribution >= 4 is 55.5 Å². The maximum Gasteiger partial charge on any atom is 0.312 e. The third-order valence-corrected chi connectivity index (χ3v) is 9.38. The fourth-order valence-electron chi connectivity index (χ4n) is 7.10. The monoisotopic (exact) mass is 760 g/mol. The molecule has 298 valence electrons. The van der Waals surface area contributed by atoms with Crippen LogP contribution in [0.1, 0.15) is 33.1 Å². The van der Waals surface area contributed by atoms with Gasteiger partial charge in [0.05, 0.1) is 36.6 Å². The summed E-state index contributed by atoms with van der Waals surface area (Å²) < 4.78 is 11.1. The Morgan fingerprint density at radius 2 is 1.15 bits per heavy atom. The van der Waals surface area contributed by atoms with E-state index in [-0.39, 0.29) is 12.8 Å². The number of hydrogen-bond acceptors (Lipinski definition) is 15. The number of carboxylic acid groups (broad SMARTS) is 2. The van der Waals surface area contributed by atoms with E-state index < -0.39 is 151 Å². The molecular weight excluding hydrogens is 711 g/mol. The number of esters is 2. The highest BCUT2D eigenvalue weighted by atomic mass is 16.6. The Morgan fingerprint density at radius 1 is 0.755 bits per heavy atom. The molecule has 0 spiro atoms. The first-order valence-corrected chi connectivity index (χ1v) is 16.5. The molecule has 0 saturated heterocycles. The average molecular weight is 761 g/mol. The molecule has 53 heavy (non-hydrogen) atoms. The lowest BCUT2D eigenvalue weighted by molar-refractivity contribution is -0.169. The van der Waals surface area contributed by atoms with Crippen LogP contribution in [0.4, 0.5) is 0 Å². The second-order valence-corrected chi connectivity index (χ2v) is 13.1. The van der Waals surface area contributed by atoms with Crippen molar-refractivity contribution in [2.45, 2.75) is 93.6 Å². The Bertz CT molecular complexity index is 1390. The molecule has 24 heteroatoms. The van der Waals surface area contributed by atoms with Crippen LogP contribution in [0.15, 0.2) is 0 Å². The third-order valence-electron chi connectivity index (χ3n) is 9.38. The van der Waals surface area contributed by atoms with E-state index in [0.717, 1.165) is 21.7 Å². The van der Waals surface area contributed by atoms with Crippen LogP contribution >= 0.6 is 0 Å². The smallest absolute Gasteiger partial charge is 0.312 e. The van der Waals surface area contributed by atoms with Crippen LogP contribution < -0.4 is 32.7 Å². The van der Waals surface area contributed by atoms with Crippen molar-refractivity contribution in [2.24, 2.45) is 35.1 Å². The fraction of sp³-hybridized carbons (Fsp3) is 0.724. The van der Waals surface area contributed by atoms with Crippen LogP contribution in [0.3, 0.4) is 0 Å². The van der Waals surface area contributed by atoms with E-state index in [4.69, 9.17) is 31.8 Å². The minimum Gasteiger partial charge on any atom is -0.481 e. The van der Waals surface area contributed by atoms with Gasteiger partial charge in [-0.05, 0) is 19.3 Å². The van der Waals surface area contributed by atoms with E-state index in [9.17, 15) is 64.5 Å². The summed E-state index contributed by atoms with van der Waals surface area (Å²) in [7, 11) is 0.988. The Hall–Kier alpha value is -4.78. The molecule has 0 aromatic carbocycles. The number of aliphatic hydroxyl groups excluding tert-OH is 5. The first kappa shape index (κ1) is 44.4. The predicted octanol–water partition coefficient (Wildman–Crippen LogP) is -7.16. The van der Waals surface area contributed by atoms with Gasteiger partial charge < -0.3 is 78.0 Å². The number of aliphatic carboxylic acids is 2. The molecule has 0 aromatic rings. The van der Waals surface area contributed by atoms with Crippen molar-refractivity contribution in [1.29, 1.82) is 10.8 Å². The number of nitrogens with two attached hydrogens (primary N) is 2. The van der Waals surface area contributed by atoms with Gasteiger partial charge in [0, 0.05) is 44.4 Å². The van der Waals surface area contributed by atoms with E-state index in [0.29, 0.717) is 0 Å². The summed E-state index contributed by atoms with van der Waals surface area (Å²) in [5, 5.41) is 96.3. The van der Waals surface area contributed by atoms with Crippen molar-refractivity contribution in [3.05, 3.63) is 0 Å². The van der Waals surface area contributed by atoms with Crippen LogP contribution in [0, 0.1) is 34.5 Å².